The number of fused-ring (bicyclic) bond motifs is 1. The molecule has 22 heavy (non-hydrogen) atoms. The van der Waals surface area contributed by atoms with Gasteiger partial charge < -0.3 is 10.1 Å². The second-order valence-corrected chi connectivity index (χ2v) is 7.11. The van der Waals surface area contributed by atoms with Crippen LogP contribution >= 0.6 is 23.7 Å². The smallest absolute Gasteiger partial charge is 0.120 e. The molecule has 1 aliphatic heterocycles. The number of ether oxygens (including phenoxy) is 1. The molecule has 2 fully saturated rings. The largest absolute Gasteiger partial charge is 0.497 e. The van der Waals surface area contributed by atoms with E-state index in [0.717, 1.165) is 36.9 Å². The van der Waals surface area contributed by atoms with E-state index in [-0.39, 0.29) is 12.4 Å². The zero-order valence-electron chi connectivity index (χ0n) is 12.7. The standard InChI is InChI=1S/C16H21N3OS.ClH/c1-20-13-4-5-14-15(8-13)21-16(18-14)10-19(11-2-3-11)12-6-7-17-9-12;/h4-5,8,11-12,17H,2-3,6-7,9-10H2,1H3;1H. The predicted molar refractivity (Wildman–Crippen MR) is 93.3 cm³/mol. The van der Waals surface area contributed by atoms with Gasteiger partial charge in [-0.25, -0.2) is 4.98 Å². The van der Waals surface area contributed by atoms with Crippen LogP contribution in [0.1, 0.15) is 24.3 Å². The number of halogens is 1. The summed E-state index contributed by atoms with van der Waals surface area (Å²) >= 11 is 1.81. The van der Waals surface area contributed by atoms with E-state index in [1.807, 2.05) is 6.07 Å². The number of benzene rings is 1. The van der Waals surface area contributed by atoms with Crippen molar-refractivity contribution in [1.82, 2.24) is 15.2 Å². The SMILES string of the molecule is COc1ccc2nc(CN(C3CC3)C3CCNC3)sc2c1.Cl. The summed E-state index contributed by atoms with van der Waals surface area (Å²) in [6, 6.07) is 7.63. The Morgan fingerprint density at radius 2 is 2.18 bits per heavy atom. The van der Waals surface area contributed by atoms with Crippen LogP contribution in [0.2, 0.25) is 0 Å². The van der Waals surface area contributed by atoms with Gasteiger partial charge in [-0.3, -0.25) is 4.90 Å². The molecule has 120 valence electrons. The van der Waals surface area contributed by atoms with Gasteiger partial charge in [-0.1, -0.05) is 0 Å². The van der Waals surface area contributed by atoms with Crippen LogP contribution in [0.5, 0.6) is 5.75 Å². The average molecular weight is 340 g/mol. The van der Waals surface area contributed by atoms with Crippen molar-refractivity contribution in [1.29, 1.82) is 0 Å². The van der Waals surface area contributed by atoms with Gasteiger partial charge in [-0.05, 0) is 44.0 Å². The minimum absolute atomic E-state index is 0. The summed E-state index contributed by atoms with van der Waals surface area (Å²) in [7, 11) is 1.71. The molecule has 1 unspecified atom stereocenters. The highest BCUT2D eigenvalue weighted by Crippen LogP contribution is 2.34. The summed E-state index contributed by atoms with van der Waals surface area (Å²) in [5.41, 5.74) is 1.09. The number of methoxy groups -OCH3 is 1. The fourth-order valence-corrected chi connectivity index (χ4v) is 4.19. The second kappa shape index (κ2) is 6.71. The second-order valence-electron chi connectivity index (χ2n) is 5.99. The summed E-state index contributed by atoms with van der Waals surface area (Å²) in [6.07, 6.45) is 3.99. The topological polar surface area (TPSA) is 37.4 Å². The van der Waals surface area contributed by atoms with Crippen LogP contribution in [0, 0.1) is 0 Å². The maximum atomic E-state index is 5.30. The van der Waals surface area contributed by atoms with Crippen LogP contribution in [-0.2, 0) is 6.54 Å². The van der Waals surface area contributed by atoms with Crippen LogP contribution in [0.25, 0.3) is 10.2 Å². The summed E-state index contributed by atoms with van der Waals surface area (Å²) < 4.78 is 6.53. The first-order valence-corrected chi connectivity index (χ1v) is 8.55. The predicted octanol–water partition coefficient (Wildman–Crippen LogP) is 3.05. The van der Waals surface area contributed by atoms with Crippen molar-refractivity contribution in [2.45, 2.75) is 37.9 Å². The Labute approximate surface area is 141 Å². The summed E-state index contributed by atoms with van der Waals surface area (Å²) in [6.45, 7) is 3.29. The molecular formula is C16H22ClN3OS. The zero-order chi connectivity index (χ0) is 14.2. The Morgan fingerprint density at radius 1 is 1.32 bits per heavy atom. The molecular weight excluding hydrogens is 318 g/mol. The highest BCUT2D eigenvalue weighted by molar-refractivity contribution is 7.18. The Balaban J connectivity index is 0.00000144. The Bertz CT molecular complexity index is 637. The van der Waals surface area contributed by atoms with Crippen LogP contribution in [-0.4, -0.2) is 42.2 Å². The van der Waals surface area contributed by atoms with Crippen molar-refractivity contribution in [2.24, 2.45) is 0 Å². The normalized spacial score (nSPS) is 21.3. The van der Waals surface area contributed by atoms with Gasteiger partial charge in [0.15, 0.2) is 0 Å². The first-order chi connectivity index (χ1) is 10.3. The quantitative estimate of drug-likeness (QED) is 0.908. The van der Waals surface area contributed by atoms with Crippen LogP contribution in [0.15, 0.2) is 18.2 Å². The number of hydrogen-bond donors (Lipinski definition) is 1. The maximum Gasteiger partial charge on any atom is 0.120 e. The Kier molecular flexibility index (Phi) is 4.88. The fourth-order valence-electron chi connectivity index (χ4n) is 3.19. The monoisotopic (exact) mass is 339 g/mol. The Morgan fingerprint density at radius 3 is 2.86 bits per heavy atom. The van der Waals surface area contributed by atoms with Gasteiger partial charge in [0, 0.05) is 18.6 Å². The number of thiazole rings is 1. The van der Waals surface area contributed by atoms with Crippen molar-refractivity contribution in [3.8, 4) is 5.75 Å². The zero-order valence-corrected chi connectivity index (χ0v) is 14.4. The molecule has 1 aliphatic carbocycles. The van der Waals surface area contributed by atoms with Crippen LogP contribution < -0.4 is 10.1 Å². The summed E-state index contributed by atoms with van der Waals surface area (Å²) in [5.74, 6) is 0.914. The van der Waals surface area contributed by atoms with E-state index in [4.69, 9.17) is 9.72 Å². The third-order valence-electron chi connectivity index (χ3n) is 4.48. The minimum atomic E-state index is 0. The molecule has 1 aromatic heterocycles. The summed E-state index contributed by atoms with van der Waals surface area (Å²) in [4.78, 5) is 7.49. The van der Waals surface area contributed by atoms with Gasteiger partial charge in [-0.15, -0.1) is 23.7 Å². The molecule has 1 N–H and O–H groups in total. The molecule has 1 saturated heterocycles. The molecule has 4 rings (SSSR count). The molecule has 0 bridgehead atoms. The lowest BCUT2D eigenvalue weighted by Crippen LogP contribution is -2.38. The van der Waals surface area contributed by atoms with Crippen molar-refractivity contribution < 1.29 is 4.74 Å². The molecule has 2 heterocycles. The highest BCUT2D eigenvalue weighted by Gasteiger charge is 2.35. The molecule has 0 amide bonds. The molecule has 2 aromatic rings. The van der Waals surface area contributed by atoms with E-state index >= 15 is 0 Å². The van der Waals surface area contributed by atoms with E-state index in [1.165, 1.54) is 29.0 Å². The highest BCUT2D eigenvalue weighted by atomic mass is 35.5. The third-order valence-corrected chi connectivity index (χ3v) is 5.48. The number of hydrogen-bond acceptors (Lipinski definition) is 5. The lowest BCUT2D eigenvalue weighted by atomic mass is 10.2. The molecule has 1 saturated carbocycles. The van der Waals surface area contributed by atoms with Crippen molar-refractivity contribution >= 4 is 34.0 Å². The van der Waals surface area contributed by atoms with E-state index in [9.17, 15) is 0 Å². The van der Waals surface area contributed by atoms with Gasteiger partial charge in [0.05, 0.1) is 23.9 Å². The first kappa shape index (κ1) is 16.0. The average Bonchev–Trinajstić information content (AvgIpc) is 3.04. The van der Waals surface area contributed by atoms with Gasteiger partial charge in [0.25, 0.3) is 0 Å². The van der Waals surface area contributed by atoms with E-state index < -0.39 is 0 Å². The fraction of sp³-hybridized carbons (Fsp3) is 0.562. The number of nitrogens with one attached hydrogen (secondary N) is 1. The van der Waals surface area contributed by atoms with Crippen molar-refractivity contribution in [3.63, 3.8) is 0 Å². The molecule has 1 atom stereocenters. The lowest BCUT2D eigenvalue weighted by molar-refractivity contribution is 0.188. The summed E-state index contributed by atoms with van der Waals surface area (Å²) in [5, 5.41) is 4.72. The lowest BCUT2D eigenvalue weighted by Gasteiger charge is -2.27. The van der Waals surface area contributed by atoms with Gasteiger partial charge in [0.1, 0.15) is 10.8 Å². The maximum absolute atomic E-state index is 5.30. The molecule has 6 heteroatoms. The molecule has 0 radical (unpaired) electrons. The van der Waals surface area contributed by atoms with Crippen LogP contribution in [0.3, 0.4) is 0 Å². The van der Waals surface area contributed by atoms with Crippen molar-refractivity contribution in [2.75, 3.05) is 20.2 Å². The Hall–Kier alpha value is -0.880. The van der Waals surface area contributed by atoms with Gasteiger partial charge in [0.2, 0.25) is 0 Å². The van der Waals surface area contributed by atoms with E-state index in [1.54, 1.807) is 18.4 Å². The minimum Gasteiger partial charge on any atom is -0.497 e. The molecule has 4 nitrogen and oxygen atoms in total. The van der Waals surface area contributed by atoms with Gasteiger partial charge >= 0.3 is 0 Å². The molecule has 1 aromatic carbocycles. The number of rotatable bonds is 5. The van der Waals surface area contributed by atoms with Crippen LogP contribution in [0.4, 0.5) is 0 Å². The third kappa shape index (κ3) is 3.23. The first-order valence-electron chi connectivity index (χ1n) is 7.73. The van der Waals surface area contributed by atoms with Crippen molar-refractivity contribution in [3.05, 3.63) is 23.2 Å². The number of nitrogens with zero attached hydrogens (tertiary/aromatic N) is 2. The van der Waals surface area contributed by atoms with E-state index in [0.29, 0.717) is 6.04 Å². The molecule has 2 aliphatic rings. The van der Waals surface area contributed by atoms with E-state index in [2.05, 4.69) is 22.3 Å². The number of aromatic nitrogens is 1. The molecule has 0 spiro atoms. The van der Waals surface area contributed by atoms with Gasteiger partial charge in [-0.2, -0.15) is 0 Å².